The Morgan fingerprint density at radius 3 is 2.31 bits per heavy atom. The highest BCUT2D eigenvalue weighted by Crippen LogP contribution is 2.09. The Labute approximate surface area is 208 Å². The number of amides is 4. The molecule has 0 aliphatic heterocycles. The minimum absolute atomic E-state index is 0.0413. The van der Waals surface area contributed by atoms with Gasteiger partial charge < -0.3 is 21.3 Å². The predicted molar refractivity (Wildman–Crippen MR) is 130 cm³/mol. The van der Waals surface area contributed by atoms with Crippen LogP contribution in [0, 0.1) is 0 Å². The zero-order valence-corrected chi connectivity index (χ0v) is 20.1. The van der Waals surface area contributed by atoms with Crippen LogP contribution in [0.2, 0.25) is 0 Å². The molecule has 3 atom stereocenters. The van der Waals surface area contributed by atoms with Crippen LogP contribution in [0.3, 0.4) is 0 Å². The molecule has 4 amide bonds. The summed E-state index contributed by atoms with van der Waals surface area (Å²) in [5.74, 6) is -2.19. The van der Waals surface area contributed by atoms with Gasteiger partial charge in [-0.25, -0.2) is 9.80 Å². The molecule has 1 aromatic heterocycles. The molecule has 2 aromatic rings. The summed E-state index contributed by atoms with van der Waals surface area (Å²) in [4.78, 5) is 52.1. The smallest absolute Gasteiger partial charge is 0.419 e. The maximum atomic E-state index is 12.8. The van der Waals surface area contributed by atoms with Gasteiger partial charge >= 0.3 is 6.09 Å². The fourth-order valence-corrected chi connectivity index (χ4v) is 3.31. The average Bonchev–Trinajstić information content (AvgIpc) is 2.83. The lowest BCUT2D eigenvalue weighted by atomic mass is 10.00. The number of hydrogen-bond acceptors (Lipinski definition) is 8. The lowest BCUT2D eigenvalue weighted by Crippen LogP contribution is -2.57. The van der Waals surface area contributed by atoms with Crippen molar-refractivity contribution in [2.24, 2.45) is 5.73 Å². The van der Waals surface area contributed by atoms with Crippen LogP contribution < -0.4 is 21.8 Å². The molecule has 0 radical (unpaired) electrons. The minimum atomic E-state index is -1.30. The number of imide groups is 1. The van der Waals surface area contributed by atoms with Gasteiger partial charge in [0, 0.05) is 18.8 Å². The molecular weight excluding hydrogens is 468 g/mol. The lowest BCUT2D eigenvalue weighted by molar-refractivity contribution is -0.128. The maximum absolute atomic E-state index is 12.8. The Kier molecular flexibility index (Phi) is 10.9. The Hall–Kier alpha value is -3.87. The van der Waals surface area contributed by atoms with Gasteiger partial charge in [0.05, 0.1) is 24.6 Å². The highest BCUT2D eigenvalue weighted by atomic mass is 16.4. The van der Waals surface area contributed by atoms with Crippen molar-refractivity contribution in [1.29, 1.82) is 0 Å². The summed E-state index contributed by atoms with van der Waals surface area (Å²) < 4.78 is 0. The molecule has 2 rings (SSSR count). The number of nitrogens with zero attached hydrogens (tertiary/aromatic N) is 2. The van der Waals surface area contributed by atoms with Crippen molar-refractivity contribution >= 4 is 23.8 Å². The van der Waals surface area contributed by atoms with Gasteiger partial charge in [-0.2, -0.15) is 0 Å². The number of carbonyl (C=O) groups is 4. The van der Waals surface area contributed by atoms with Crippen molar-refractivity contribution in [3.8, 4) is 0 Å². The summed E-state index contributed by atoms with van der Waals surface area (Å²) in [5.41, 5.74) is 8.99. The molecule has 1 aromatic carbocycles. The molecule has 12 heteroatoms. The van der Waals surface area contributed by atoms with Crippen LogP contribution in [0.4, 0.5) is 4.79 Å². The van der Waals surface area contributed by atoms with E-state index in [1.807, 2.05) is 30.3 Å². The zero-order chi connectivity index (χ0) is 26.7. The summed E-state index contributed by atoms with van der Waals surface area (Å²) in [6.07, 6.45) is -1.31. The van der Waals surface area contributed by atoms with Crippen molar-refractivity contribution in [2.45, 2.75) is 50.9 Å². The fourth-order valence-electron chi connectivity index (χ4n) is 3.31. The molecule has 0 aliphatic carbocycles. The molecule has 0 aliphatic rings. The largest absolute Gasteiger partial charge is 0.464 e. The molecule has 0 saturated carbocycles. The number of carbonyl (C=O) groups excluding carboxylic acids is 3. The standard InChI is InChI=1S/C24H32N6O6/c1-15(2)30(29-24(35)36)14-20(31)19(12-16-8-4-3-5-9-16)27-22(33)17(25)13-21(32)28-23(34)18-10-6-7-11-26-18/h3-11,15,17,19-20,29,31H,12-14,25H2,1-2H3,(H,27,33)(H,35,36)(H,28,32,34)/t17-,19-,20-/m0/s1. The quantitative estimate of drug-likeness (QED) is 0.219. The summed E-state index contributed by atoms with van der Waals surface area (Å²) in [7, 11) is 0. The van der Waals surface area contributed by atoms with Crippen LogP contribution in [-0.4, -0.2) is 74.8 Å². The Bertz CT molecular complexity index is 1020. The number of nitrogens with one attached hydrogen (secondary N) is 3. The van der Waals surface area contributed by atoms with Crippen LogP contribution in [-0.2, 0) is 16.0 Å². The van der Waals surface area contributed by atoms with Crippen molar-refractivity contribution in [1.82, 2.24) is 26.1 Å². The second kappa shape index (κ2) is 13.9. The third-order valence-corrected chi connectivity index (χ3v) is 5.23. The van der Waals surface area contributed by atoms with E-state index >= 15 is 0 Å². The lowest BCUT2D eigenvalue weighted by Gasteiger charge is -2.32. The Morgan fingerprint density at radius 1 is 1.06 bits per heavy atom. The molecule has 0 saturated heterocycles. The second-order valence-electron chi connectivity index (χ2n) is 8.44. The topological polar surface area (TPSA) is 187 Å². The predicted octanol–water partition coefficient (Wildman–Crippen LogP) is 0.0368. The molecule has 194 valence electrons. The molecule has 7 N–H and O–H groups in total. The van der Waals surface area contributed by atoms with E-state index in [1.54, 1.807) is 26.0 Å². The third kappa shape index (κ3) is 9.41. The number of aliphatic hydroxyl groups is 1. The van der Waals surface area contributed by atoms with Gasteiger partial charge in [-0.1, -0.05) is 36.4 Å². The van der Waals surface area contributed by atoms with Gasteiger partial charge in [0.15, 0.2) is 0 Å². The molecular formula is C24H32N6O6. The summed E-state index contributed by atoms with van der Waals surface area (Å²) in [6, 6.07) is 11.3. The molecule has 0 fully saturated rings. The van der Waals surface area contributed by atoms with E-state index in [2.05, 4.69) is 21.0 Å². The number of rotatable bonds is 12. The van der Waals surface area contributed by atoms with E-state index in [1.165, 1.54) is 17.3 Å². The molecule has 1 heterocycles. The number of carboxylic acid groups (broad SMARTS) is 1. The first-order valence-corrected chi connectivity index (χ1v) is 11.4. The number of benzene rings is 1. The second-order valence-corrected chi connectivity index (χ2v) is 8.44. The van der Waals surface area contributed by atoms with Crippen molar-refractivity contribution < 1.29 is 29.4 Å². The van der Waals surface area contributed by atoms with Crippen molar-refractivity contribution in [2.75, 3.05) is 6.54 Å². The molecule has 0 spiro atoms. The van der Waals surface area contributed by atoms with Gasteiger partial charge in [-0.3, -0.25) is 30.1 Å². The normalized spacial score (nSPS) is 13.5. The summed E-state index contributed by atoms with van der Waals surface area (Å²) in [5, 5.41) is 26.1. The molecule has 0 unspecified atom stereocenters. The minimum Gasteiger partial charge on any atom is -0.464 e. The van der Waals surface area contributed by atoms with Crippen LogP contribution in [0.25, 0.3) is 0 Å². The number of nitrogens with two attached hydrogens (primary N) is 1. The SMILES string of the molecule is CC(C)N(C[C@H](O)[C@H](Cc1ccccc1)NC(=O)[C@@H](N)CC(=O)NC(=O)c1ccccn1)NC(=O)O. The van der Waals surface area contributed by atoms with Crippen LogP contribution in [0.1, 0.15) is 36.3 Å². The van der Waals surface area contributed by atoms with Crippen LogP contribution >= 0.6 is 0 Å². The Balaban J connectivity index is 2.05. The average molecular weight is 501 g/mol. The third-order valence-electron chi connectivity index (χ3n) is 5.23. The maximum Gasteiger partial charge on any atom is 0.419 e. The van der Waals surface area contributed by atoms with Gasteiger partial charge in [0.2, 0.25) is 11.8 Å². The molecule has 36 heavy (non-hydrogen) atoms. The number of aliphatic hydroxyl groups excluding tert-OH is 1. The molecule has 12 nitrogen and oxygen atoms in total. The van der Waals surface area contributed by atoms with E-state index in [0.717, 1.165) is 5.56 Å². The van der Waals surface area contributed by atoms with E-state index in [-0.39, 0.29) is 24.7 Å². The summed E-state index contributed by atoms with van der Waals surface area (Å²) in [6.45, 7) is 3.37. The van der Waals surface area contributed by atoms with Gasteiger partial charge in [-0.05, 0) is 38.0 Å². The van der Waals surface area contributed by atoms with E-state index in [0.29, 0.717) is 0 Å². The number of hydrogen-bond donors (Lipinski definition) is 6. The number of aromatic nitrogens is 1. The first-order chi connectivity index (χ1) is 17.1. The fraction of sp³-hybridized carbons (Fsp3) is 0.375. The number of hydrazine groups is 1. The van der Waals surface area contributed by atoms with Crippen molar-refractivity contribution in [3.63, 3.8) is 0 Å². The van der Waals surface area contributed by atoms with Gasteiger partial charge in [0.25, 0.3) is 5.91 Å². The first-order valence-electron chi connectivity index (χ1n) is 11.4. The van der Waals surface area contributed by atoms with Gasteiger partial charge in [-0.15, -0.1) is 0 Å². The number of pyridine rings is 1. The van der Waals surface area contributed by atoms with Crippen LogP contribution in [0.5, 0.6) is 0 Å². The summed E-state index contributed by atoms with van der Waals surface area (Å²) >= 11 is 0. The first kappa shape index (κ1) is 28.4. The van der Waals surface area contributed by atoms with E-state index in [9.17, 15) is 24.3 Å². The monoisotopic (exact) mass is 500 g/mol. The Morgan fingerprint density at radius 2 is 1.72 bits per heavy atom. The highest BCUT2D eigenvalue weighted by molar-refractivity contribution is 6.04. The van der Waals surface area contributed by atoms with Gasteiger partial charge in [0.1, 0.15) is 5.69 Å². The molecule has 0 bridgehead atoms. The van der Waals surface area contributed by atoms with Crippen LogP contribution in [0.15, 0.2) is 54.7 Å². The van der Waals surface area contributed by atoms with Crippen molar-refractivity contribution in [3.05, 3.63) is 66.0 Å². The highest BCUT2D eigenvalue weighted by Gasteiger charge is 2.28. The van der Waals surface area contributed by atoms with E-state index < -0.39 is 48.4 Å². The zero-order valence-electron chi connectivity index (χ0n) is 20.1. The van der Waals surface area contributed by atoms with E-state index in [4.69, 9.17) is 10.8 Å².